The van der Waals surface area contributed by atoms with E-state index in [1.807, 2.05) is 7.11 Å². The van der Waals surface area contributed by atoms with E-state index in [-0.39, 0.29) is 35.5 Å². The third-order valence-electron chi connectivity index (χ3n) is 10.1. The number of aliphatic hydroxyl groups is 1. The average molecular weight is 537 g/mol. The quantitative estimate of drug-likeness (QED) is 0.436. The molecule has 5 rings (SSSR count). The van der Waals surface area contributed by atoms with E-state index in [4.69, 9.17) is 14.2 Å². The van der Waals surface area contributed by atoms with Crippen LogP contribution in [0.15, 0.2) is 0 Å². The lowest BCUT2D eigenvalue weighted by atomic mass is 9.77. The SMILES string of the molecule is COC1CCC(N2CCN(C(O)[C@@H]3CCCC[C@@H]3C(=O)NC3(C)CC3)CC2)CC1OCCN1CCOCC1. The molecule has 0 radical (unpaired) electrons. The molecule has 9 heteroatoms. The molecule has 2 heterocycles. The number of piperazine rings is 1. The number of carbonyl (C=O) groups excluding carboxylic acids is 1. The van der Waals surface area contributed by atoms with Gasteiger partial charge in [-0.25, -0.2) is 0 Å². The van der Waals surface area contributed by atoms with Crippen molar-refractivity contribution in [2.24, 2.45) is 11.8 Å². The maximum absolute atomic E-state index is 13.1. The molecule has 0 bridgehead atoms. The van der Waals surface area contributed by atoms with Gasteiger partial charge in [0.05, 0.1) is 32.0 Å². The first-order chi connectivity index (χ1) is 18.5. The zero-order valence-electron chi connectivity index (χ0n) is 23.8. The fraction of sp³-hybridized carbons (Fsp3) is 0.966. The first-order valence-electron chi connectivity index (χ1n) is 15.4. The molecular weight excluding hydrogens is 484 g/mol. The summed E-state index contributed by atoms with van der Waals surface area (Å²) in [5.41, 5.74) is 0.00155. The summed E-state index contributed by atoms with van der Waals surface area (Å²) in [4.78, 5) is 20.3. The molecule has 0 aromatic heterocycles. The van der Waals surface area contributed by atoms with Crippen LogP contribution in [0.4, 0.5) is 0 Å². The first-order valence-corrected chi connectivity index (χ1v) is 15.4. The monoisotopic (exact) mass is 536 g/mol. The van der Waals surface area contributed by atoms with Crippen molar-refractivity contribution in [3.05, 3.63) is 0 Å². The largest absolute Gasteiger partial charge is 0.379 e. The molecule has 2 N–H and O–H groups in total. The van der Waals surface area contributed by atoms with Gasteiger partial charge < -0.3 is 24.6 Å². The second-order valence-corrected chi connectivity index (χ2v) is 12.7. The number of ether oxygens (including phenoxy) is 3. The Morgan fingerprint density at radius 3 is 2.47 bits per heavy atom. The van der Waals surface area contributed by atoms with E-state index in [1.54, 1.807) is 0 Å². The van der Waals surface area contributed by atoms with Gasteiger partial charge in [0.1, 0.15) is 6.23 Å². The molecule has 3 aliphatic carbocycles. The van der Waals surface area contributed by atoms with Crippen LogP contribution in [0.25, 0.3) is 0 Å². The lowest BCUT2D eigenvalue weighted by Gasteiger charge is -2.46. The van der Waals surface area contributed by atoms with Crippen LogP contribution in [0, 0.1) is 11.8 Å². The number of nitrogens with one attached hydrogen (secondary N) is 1. The average Bonchev–Trinajstić information content (AvgIpc) is 3.69. The normalized spacial score (nSPS) is 36.0. The standard InChI is InChI=1S/C29H52N4O5/c1-29(9-10-29)30-27(34)23-5-3-4-6-24(23)28(35)33-13-11-32(12-14-33)22-7-8-25(36-2)26(21-22)38-20-17-31-15-18-37-19-16-31/h22-26,28,35H,3-21H2,1-2H3,(H,30,34)/t22?,23-,24+,25?,26?,28?/m0/s1. The fourth-order valence-corrected chi connectivity index (χ4v) is 7.20. The zero-order valence-corrected chi connectivity index (χ0v) is 23.8. The van der Waals surface area contributed by atoms with E-state index < -0.39 is 6.23 Å². The second-order valence-electron chi connectivity index (χ2n) is 12.7. The fourth-order valence-electron chi connectivity index (χ4n) is 7.20. The molecular formula is C29H52N4O5. The minimum absolute atomic E-state index is 0.00155. The van der Waals surface area contributed by atoms with Crippen molar-refractivity contribution in [3.63, 3.8) is 0 Å². The molecule has 0 spiro atoms. The second kappa shape index (κ2) is 13.2. The summed E-state index contributed by atoms with van der Waals surface area (Å²) in [5.74, 6) is 0.148. The summed E-state index contributed by atoms with van der Waals surface area (Å²) in [5, 5.41) is 14.7. The molecule has 2 saturated heterocycles. The lowest BCUT2D eigenvalue weighted by Crippen LogP contribution is -2.58. The summed E-state index contributed by atoms with van der Waals surface area (Å²) in [6, 6.07) is 0.501. The van der Waals surface area contributed by atoms with Crippen molar-refractivity contribution in [2.75, 3.05) is 72.7 Å². The third kappa shape index (κ3) is 7.28. The molecule has 5 fully saturated rings. The van der Waals surface area contributed by atoms with Gasteiger partial charge in [0, 0.05) is 76.3 Å². The maximum Gasteiger partial charge on any atom is 0.223 e. The molecule has 1 amide bonds. The molecule has 0 aromatic rings. The first kappa shape index (κ1) is 28.7. The van der Waals surface area contributed by atoms with Crippen molar-refractivity contribution in [1.82, 2.24) is 20.0 Å². The Kier molecular flexibility index (Phi) is 10.00. The zero-order chi connectivity index (χ0) is 26.5. The van der Waals surface area contributed by atoms with Crippen LogP contribution < -0.4 is 5.32 Å². The van der Waals surface area contributed by atoms with Crippen LogP contribution in [0.3, 0.4) is 0 Å². The van der Waals surface area contributed by atoms with Crippen molar-refractivity contribution in [3.8, 4) is 0 Å². The van der Waals surface area contributed by atoms with Crippen LogP contribution in [0.1, 0.15) is 64.7 Å². The molecule has 5 aliphatic rings. The van der Waals surface area contributed by atoms with Crippen LogP contribution in [-0.4, -0.2) is 128 Å². The van der Waals surface area contributed by atoms with Crippen molar-refractivity contribution in [1.29, 1.82) is 0 Å². The van der Waals surface area contributed by atoms with Crippen molar-refractivity contribution < 1.29 is 24.1 Å². The number of methoxy groups -OCH3 is 1. The molecule has 38 heavy (non-hydrogen) atoms. The highest BCUT2D eigenvalue weighted by Gasteiger charge is 2.44. The van der Waals surface area contributed by atoms with Gasteiger partial charge in [-0.15, -0.1) is 0 Å². The highest BCUT2D eigenvalue weighted by Crippen LogP contribution is 2.38. The maximum atomic E-state index is 13.1. The van der Waals surface area contributed by atoms with Crippen LogP contribution in [0.5, 0.6) is 0 Å². The van der Waals surface area contributed by atoms with Gasteiger partial charge in [0.25, 0.3) is 0 Å². The number of morpholine rings is 1. The molecule has 2 aliphatic heterocycles. The van der Waals surface area contributed by atoms with E-state index in [0.717, 1.165) is 123 Å². The van der Waals surface area contributed by atoms with Crippen LogP contribution in [-0.2, 0) is 19.0 Å². The highest BCUT2D eigenvalue weighted by atomic mass is 16.5. The summed E-state index contributed by atoms with van der Waals surface area (Å²) < 4.78 is 17.7. The number of hydrogen-bond donors (Lipinski definition) is 2. The minimum Gasteiger partial charge on any atom is -0.379 e. The number of hydrogen-bond acceptors (Lipinski definition) is 8. The number of aliphatic hydroxyl groups excluding tert-OH is 1. The number of amides is 1. The Balaban J connectivity index is 1.09. The number of rotatable bonds is 10. The molecule has 218 valence electrons. The lowest BCUT2D eigenvalue weighted by molar-refractivity contribution is -0.138. The van der Waals surface area contributed by atoms with Gasteiger partial charge >= 0.3 is 0 Å². The van der Waals surface area contributed by atoms with E-state index in [1.165, 1.54) is 0 Å². The highest BCUT2D eigenvalue weighted by molar-refractivity contribution is 5.80. The molecule has 4 unspecified atom stereocenters. The van der Waals surface area contributed by atoms with E-state index in [2.05, 4.69) is 26.9 Å². The van der Waals surface area contributed by atoms with Gasteiger partial charge in [-0.1, -0.05) is 12.8 Å². The van der Waals surface area contributed by atoms with Crippen molar-refractivity contribution in [2.45, 2.75) is 94.7 Å². The third-order valence-corrected chi connectivity index (χ3v) is 10.1. The molecule has 6 atom stereocenters. The van der Waals surface area contributed by atoms with Crippen LogP contribution >= 0.6 is 0 Å². The summed E-state index contributed by atoms with van der Waals surface area (Å²) in [7, 11) is 1.81. The van der Waals surface area contributed by atoms with Crippen LogP contribution in [0.2, 0.25) is 0 Å². The minimum atomic E-state index is -0.527. The Morgan fingerprint density at radius 2 is 1.76 bits per heavy atom. The van der Waals surface area contributed by atoms with Crippen molar-refractivity contribution >= 4 is 5.91 Å². The Hall–Kier alpha value is -0.810. The predicted molar refractivity (Wildman–Crippen MR) is 146 cm³/mol. The molecule has 0 aromatic carbocycles. The van der Waals surface area contributed by atoms with E-state index in [9.17, 15) is 9.90 Å². The smallest absolute Gasteiger partial charge is 0.223 e. The number of carbonyl (C=O) groups is 1. The van der Waals surface area contributed by atoms with E-state index in [0.29, 0.717) is 6.04 Å². The summed E-state index contributed by atoms with van der Waals surface area (Å²) in [6.45, 7) is 11.1. The van der Waals surface area contributed by atoms with Gasteiger partial charge in [0.2, 0.25) is 5.91 Å². The topological polar surface area (TPSA) is 86.7 Å². The molecule has 9 nitrogen and oxygen atoms in total. The van der Waals surface area contributed by atoms with Gasteiger partial charge in [-0.05, 0) is 51.9 Å². The van der Waals surface area contributed by atoms with Gasteiger partial charge in [-0.3, -0.25) is 19.5 Å². The number of nitrogens with zero attached hydrogens (tertiary/aromatic N) is 3. The predicted octanol–water partition coefficient (Wildman–Crippen LogP) is 1.68. The molecule has 3 saturated carbocycles. The van der Waals surface area contributed by atoms with E-state index >= 15 is 0 Å². The van der Waals surface area contributed by atoms with Gasteiger partial charge in [0.15, 0.2) is 0 Å². The van der Waals surface area contributed by atoms with Gasteiger partial charge in [-0.2, -0.15) is 0 Å². The summed E-state index contributed by atoms with van der Waals surface area (Å²) >= 11 is 0. The Labute approximate surface area is 229 Å². The Morgan fingerprint density at radius 1 is 1.03 bits per heavy atom. The Bertz CT molecular complexity index is 753. The summed E-state index contributed by atoms with van der Waals surface area (Å²) in [6.07, 6.45) is 9.15.